The van der Waals surface area contributed by atoms with Gasteiger partial charge < -0.3 is 9.84 Å². The van der Waals surface area contributed by atoms with Gasteiger partial charge in [0.1, 0.15) is 0 Å². The quantitative estimate of drug-likeness (QED) is 0.575. The van der Waals surface area contributed by atoms with E-state index in [2.05, 4.69) is 15.9 Å². The summed E-state index contributed by atoms with van der Waals surface area (Å²) in [6.45, 7) is 1.87. The number of aliphatic hydroxyl groups excluding tert-OH is 1. The number of halogens is 2. The average Bonchev–Trinajstić information content (AvgIpc) is 2.64. The van der Waals surface area contributed by atoms with Crippen molar-refractivity contribution >= 4 is 44.3 Å². The number of hydrogen-bond acceptors (Lipinski definition) is 3. The molecule has 0 amide bonds. The molecule has 0 bridgehead atoms. The molecule has 0 spiro atoms. The summed E-state index contributed by atoms with van der Waals surface area (Å²) in [7, 11) is 1.26. The molecule has 3 aromatic rings. The topological polar surface area (TPSA) is 46.5 Å². The van der Waals surface area contributed by atoms with Gasteiger partial charge in [0, 0.05) is 15.1 Å². The van der Waals surface area contributed by atoms with Gasteiger partial charge in [-0.15, -0.1) is 0 Å². The number of methoxy groups -OCH3 is 1. The van der Waals surface area contributed by atoms with E-state index in [0.29, 0.717) is 10.6 Å². The molecule has 1 atom stereocenters. The van der Waals surface area contributed by atoms with Gasteiger partial charge in [-0.05, 0) is 62.4 Å². The van der Waals surface area contributed by atoms with E-state index in [9.17, 15) is 9.90 Å². The van der Waals surface area contributed by atoms with Crippen LogP contribution in [0.5, 0.6) is 0 Å². The second kappa shape index (κ2) is 7.16. The van der Waals surface area contributed by atoms with Crippen molar-refractivity contribution in [2.75, 3.05) is 7.11 Å². The van der Waals surface area contributed by atoms with Crippen molar-refractivity contribution in [1.82, 2.24) is 0 Å². The molecule has 0 heterocycles. The molecule has 0 fully saturated rings. The van der Waals surface area contributed by atoms with Crippen LogP contribution in [0.15, 0.2) is 53.0 Å². The van der Waals surface area contributed by atoms with Gasteiger partial charge in [0.05, 0.1) is 7.11 Å². The molecule has 0 aliphatic rings. The van der Waals surface area contributed by atoms with Crippen LogP contribution in [0.1, 0.15) is 17.2 Å². The maximum absolute atomic E-state index is 12.0. The highest BCUT2D eigenvalue weighted by Crippen LogP contribution is 2.42. The van der Waals surface area contributed by atoms with Gasteiger partial charge in [-0.2, -0.15) is 0 Å². The van der Waals surface area contributed by atoms with Gasteiger partial charge in [-0.1, -0.05) is 48.0 Å². The van der Waals surface area contributed by atoms with E-state index in [1.54, 1.807) is 12.1 Å². The third kappa shape index (κ3) is 3.17. The summed E-state index contributed by atoms with van der Waals surface area (Å²) < 4.78 is 5.60. The monoisotopic (exact) mass is 418 g/mol. The van der Waals surface area contributed by atoms with Crippen molar-refractivity contribution in [3.05, 3.63) is 69.2 Å². The highest BCUT2D eigenvalue weighted by molar-refractivity contribution is 9.10. The second-order valence-electron chi connectivity index (χ2n) is 5.71. The summed E-state index contributed by atoms with van der Waals surface area (Å²) in [5, 5.41) is 13.2. The summed E-state index contributed by atoms with van der Waals surface area (Å²) in [5.74, 6) is -0.694. The van der Waals surface area contributed by atoms with E-state index < -0.39 is 12.1 Å². The Balaban J connectivity index is 2.44. The van der Waals surface area contributed by atoms with Gasteiger partial charge in [0.15, 0.2) is 6.10 Å². The number of benzene rings is 3. The summed E-state index contributed by atoms with van der Waals surface area (Å²) in [4.78, 5) is 12.0. The zero-order valence-electron chi connectivity index (χ0n) is 13.7. The van der Waals surface area contributed by atoms with Crippen LogP contribution in [0.25, 0.3) is 21.9 Å². The largest absolute Gasteiger partial charge is 0.467 e. The second-order valence-corrected chi connectivity index (χ2v) is 6.94. The van der Waals surface area contributed by atoms with Crippen LogP contribution in [0.4, 0.5) is 0 Å². The SMILES string of the molecule is COC(=O)[C@@H](O)c1c(C)c(Br)c2ccccc2c1-c1ccc(Cl)cc1. The lowest BCUT2D eigenvalue weighted by Crippen LogP contribution is -2.16. The molecular weight excluding hydrogens is 404 g/mol. The summed E-state index contributed by atoms with van der Waals surface area (Å²) in [6, 6.07) is 15.2. The zero-order chi connectivity index (χ0) is 18.1. The molecule has 128 valence electrons. The summed E-state index contributed by atoms with van der Waals surface area (Å²) >= 11 is 9.62. The molecule has 0 saturated carbocycles. The molecule has 0 unspecified atom stereocenters. The number of hydrogen-bond donors (Lipinski definition) is 1. The molecule has 5 heteroatoms. The van der Waals surface area contributed by atoms with Crippen molar-refractivity contribution in [2.24, 2.45) is 0 Å². The molecule has 0 aromatic heterocycles. The number of aliphatic hydroxyl groups is 1. The standard InChI is InChI=1S/C20H16BrClO3/c1-11-16(19(23)20(24)25-2)17(12-7-9-13(22)10-8-12)14-5-3-4-6-15(14)18(11)21/h3-10,19,23H,1-2H3/t19-/m0/s1. The first-order valence-electron chi connectivity index (χ1n) is 7.68. The number of esters is 1. The van der Waals surface area contributed by atoms with E-state index >= 15 is 0 Å². The van der Waals surface area contributed by atoms with Gasteiger partial charge >= 0.3 is 5.97 Å². The Morgan fingerprint density at radius 1 is 1.12 bits per heavy atom. The van der Waals surface area contributed by atoms with E-state index in [4.69, 9.17) is 16.3 Å². The van der Waals surface area contributed by atoms with Crippen molar-refractivity contribution in [3.63, 3.8) is 0 Å². The normalized spacial score (nSPS) is 12.2. The first-order chi connectivity index (χ1) is 12.0. The van der Waals surface area contributed by atoms with Crippen LogP contribution in [0.3, 0.4) is 0 Å². The minimum Gasteiger partial charge on any atom is -0.467 e. The number of ether oxygens (including phenoxy) is 1. The van der Waals surface area contributed by atoms with E-state index in [1.165, 1.54) is 7.11 Å². The van der Waals surface area contributed by atoms with Crippen LogP contribution in [0, 0.1) is 6.92 Å². The Morgan fingerprint density at radius 3 is 2.32 bits per heavy atom. The predicted octanol–water partition coefficient (Wildman–Crippen LogP) is 5.44. The van der Waals surface area contributed by atoms with Gasteiger partial charge in [0.25, 0.3) is 0 Å². The van der Waals surface area contributed by atoms with Crippen molar-refractivity contribution < 1.29 is 14.6 Å². The number of rotatable bonds is 3. The molecule has 1 N–H and O–H groups in total. The van der Waals surface area contributed by atoms with Gasteiger partial charge in [-0.25, -0.2) is 4.79 Å². The maximum Gasteiger partial charge on any atom is 0.339 e. The van der Waals surface area contributed by atoms with Crippen LogP contribution >= 0.6 is 27.5 Å². The first kappa shape index (κ1) is 17.9. The zero-order valence-corrected chi connectivity index (χ0v) is 16.1. The van der Waals surface area contributed by atoms with Crippen LogP contribution < -0.4 is 0 Å². The lowest BCUT2D eigenvalue weighted by molar-refractivity contribution is -0.150. The summed E-state index contributed by atoms with van der Waals surface area (Å²) in [5.41, 5.74) is 2.99. The minimum atomic E-state index is -1.38. The Hall–Kier alpha value is -1.88. The Labute approximate surface area is 159 Å². The fraction of sp³-hybridized carbons (Fsp3) is 0.150. The fourth-order valence-corrected chi connectivity index (χ4v) is 3.73. The van der Waals surface area contributed by atoms with Crippen LogP contribution in [-0.4, -0.2) is 18.2 Å². The molecule has 0 aliphatic heterocycles. The van der Waals surface area contributed by atoms with Gasteiger partial charge in [-0.3, -0.25) is 0 Å². The van der Waals surface area contributed by atoms with Crippen molar-refractivity contribution in [2.45, 2.75) is 13.0 Å². The summed E-state index contributed by atoms with van der Waals surface area (Å²) in [6.07, 6.45) is -1.38. The highest BCUT2D eigenvalue weighted by Gasteiger charge is 2.27. The third-order valence-electron chi connectivity index (χ3n) is 4.27. The van der Waals surface area contributed by atoms with Crippen LogP contribution in [0.2, 0.25) is 5.02 Å². The molecule has 3 nitrogen and oxygen atoms in total. The Morgan fingerprint density at radius 2 is 1.72 bits per heavy atom. The first-order valence-corrected chi connectivity index (χ1v) is 8.85. The Bertz CT molecular complexity index is 951. The molecule has 25 heavy (non-hydrogen) atoms. The third-order valence-corrected chi connectivity index (χ3v) is 5.54. The van der Waals surface area contributed by atoms with E-state index in [-0.39, 0.29) is 0 Å². The molecular formula is C20H16BrClO3. The lowest BCUT2D eigenvalue weighted by Gasteiger charge is -2.21. The minimum absolute atomic E-state index is 0.528. The van der Waals surface area contributed by atoms with E-state index in [1.807, 2.05) is 43.3 Å². The number of carbonyl (C=O) groups is 1. The molecule has 0 aliphatic carbocycles. The Kier molecular flexibility index (Phi) is 5.13. The van der Waals surface area contributed by atoms with Crippen molar-refractivity contribution in [1.29, 1.82) is 0 Å². The predicted molar refractivity (Wildman–Crippen MR) is 104 cm³/mol. The maximum atomic E-state index is 12.0. The fourth-order valence-electron chi connectivity index (χ4n) is 3.04. The molecule has 3 rings (SSSR count). The number of fused-ring (bicyclic) bond motifs is 1. The highest BCUT2D eigenvalue weighted by atomic mass is 79.9. The van der Waals surface area contributed by atoms with E-state index in [0.717, 1.165) is 31.9 Å². The number of carbonyl (C=O) groups excluding carboxylic acids is 1. The molecule has 0 radical (unpaired) electrons. The lowest BCUT2D eigenvalue weighted by atomic mass is 9.87. The van der Waals surface area contributed by atoms with Crippen molar-refractivity contribution in [3.8, 4) is 11.1 Å². The smallest absolute Gasteiger partial charge is 0.339 e. The molecule has 3 aromatic carbocycles. The average molecular weight is 420 g/mol. The van der Waals surface area contributed by atoms with Crippen LogP contribution in [-0.2, 0) is 9.53 Å². The molecule has 0 saturated heterocycles. The van der Waals surface area contributed by atoms with Gasteiger partial charge in [0.2, 0.25) is 0 Å².